The molecule has 0 aliphatic heterocycles. The average molecular weight is 459 g/mol. The first-order chi connectivity index (χ1) is 15.7. The van der Waals surface area contributed by atoms with Gasteiger partial charge in [0.05, 0.1) is 29.2 Å². The minimum Gasteiger partial charge on any atom is -0.331 e. The van der Waals surface area contributed by atoms with Crippen LogP contribution in [0.2, 0.25) is 0 Å². The molecule has 7 nitrogen and oxygen atoms in total. The molecule has 1 N–H and O–H groups in total. The van der Waals surface area contributed by atoms with Gasteiger partial charge in [-0.05, 0) is 31.2 Å². The van der Waals surface area contributed by atoms with E-state index in [0.29, 0.717) is 15.6 Å². The molecule has 1 amide bonds. The predicted octanol–water partition coefficient (Wildman–Crippen LogP) is 3.93. The summed E-state index contributed by atoms with van der Waals surface area (Å²) in [5, 5.41) is 4.00. The van der Waals surface area contributed by atoms with E-state index >= 15 is 0 Å². The van der Waals surface area contributed by atoms with E-state index < -0.39 is 40.4 Å². The van der Waals surface area contributed by atoms with Crippen molar-refractivity contribution in [1.29, 1.82) is 0 Å². The molecule has 33 heavy (non-hydrogen) atoms. The zero-order valence-electron chi connectivity index (χ0n) is 17.2. The summed E-state index contributed by atoms with van der Waals surface area (Å²) >= 11 is 0. The molecule has 0 spiro atoms. The number of nitrogens with one attached hydrogen (secondary N) is 1. The third kappa shape index (κ3) is 4.21. The lowest BCUT2D eigenvalue weighted by atomic mass is 10.2. The number of halogens is 4. The first kappa shape index (κ1) is 22.2. The molecule has 0 unspecified atom stereocenters. The lowest BCUT2D eigenvalue weighted by molar-refractivity contribution is -0.143. The van der Waals surface area contributed by atoms with Crippen LogP contribution in [0.1, 0.15) is 28.8 Å². The fourth-order valence-corrected chi connectivity index (χ4v) is 3.47. The highest BCUT2D eigenvalue weighted by Crippen LogP contribution is 2.34. The number of benzene rings is 2. The summed E-state index contributed by atoms with van der Waals surface area (Å²) in [6.45, 7) is 1.36. The number of H-pyrrole nitrogens is 1. The molecule has 11 heteroatoms. The molecule has 2 heterocycles. The van der Waals surface area contributed by atoms with Crippen molar-refractivity contribution in [3.63, 3.8) is 0 Å². The second-order valence-electron chi connectivity index (χ2n) is 7.12. The maximum Gasteiger partial charge on any atom is 0.434 e. The Bertz CT molecular complexity index is 1390. The van der Waals surface area contributed by atoms with Crippen LogP contribution in [0.25, 0.3) is 16.6 Å². The minimum atomic E-state index is -4.99. The number of aromatic amines is 1. The van der Waals surface area contributed by atoms with Gasteiger partial charge in [-0.3, -0.25) is 9.59 Å². The molecular weight excluding hydrogens is 442 g/mol. The molecule has 4 aromatic rings. The standard InChI is InChI=1S/C22H17F4N5O2/c1-2-30(12-18-28-16-9-5-3-7-13(16)20(32)29-18)21(33)14-11-27-31(19(14)22(24,25)26)17-10-6-4-8-15(17)23/h3-11H,2,12H2,1H3,(H,28,29,32). The molecule has 170 valence electrons. The molecule has 2 aromatic heterocycles. The van der Waals surface area contributed by atoms with Crippen molar-refractivity contribution in [2.24, 2.45) is 0 Å². The van der Waals surface area contributed by atoms with Crippen LogP contribution >= 0.6 is 0 Å². The van der Waals surface area contributed by atoms with Gasteiger partial charge in [0.1, 0.15) is 17.3 Å². The Morgan fingerprint density at radius 2 is 1.82 bits per heavy atom. The van der Waals surface area contributed by atoms with Crippen LogP contribution in [0.5, 0.6) is 0 Å². The van der Waals surface area contributed by atoms with Crippen molar-refractivity contribution in [3.8, 4) is 5.69 Å². The topological polar surface area (TPSA) is 83.9 Å². The van der Waals surface area contributed by atoms with Crippen molar-refractivity contribution in [1.82, 2.24) is 24.6 Å². The minimum absolute atomic E-state index is 0.0253. The SMILES string of the molecule is CCN(Cc1nc2ccccc2c(=O)[nH]1)C(=O)c1cnn(-c2ccccc2F)c1C(F)(F)F. The summed E-state index contributed by atoms with van der Waals surface area (Å²) in [6.07, 6.45) is -4.23. The maximum atomic E-state index is 14.2. The number of alkyl halides is 3. The number of aromatic nitrogens is 4. The van der Waals surface area contributed by atoms with Crippen LogP contribution in [0.3, 0.4) is 0 Å². The Balaban J connectivity index is 1.74. The summed E-state index contributed by atoms with van der Waals surface area (Å²) in [7, 11) is 0. The number of hydrogen-bond donors (Lipinski definition) is 1. The first-order valence-corrected chi connectivity index (χ1v) is 9.88. The largest absolute Gasteiger partial charge is 0.434 e. The van der Waals surface area contributed by atoms with Gasteiger partial charge < -0.3 is 9.88 Å². The van der Waals surface area contributed by atoms with E-state index in [2.05, 4.69) is 15.1 Å². The number of para-hydroxylation sites is 2. The number of nitrogens with zero attached hydrogens (tertiary/aromatic N) is 4. The molecule has 0 fully saturated rings. The number of carbonyl (C=O) groups excluding carboxylic acids is 1. The van der Waals surface area contributed by atoms with Gasteiger partial charge in [0, 0.05) is 6.54 Å². The molecule has 0 aliphatic rings. The van der Waals surface area contributed by atoms with Gasteiger partial charge in [-0.2, -0.15) is 18.3 Å². The molecule has 0 saturated heterocycles. The second-order valence-corrected chi connectivity index (χ2v) is 7.12. The lowest BCUT2D eigenvalue weighted by Gasteiger charge is -2.21. The number of amides is 1. The van der Waals surface area contributed by atoms with Gasteiger partial charge in [0.2, 0.25) is 0 Å². The summed E-state index contributed by atoms with van der Waals surface area (Å²) in [6, 6.07) is 11.4. The summed E-state index contributed by atoms with van der Waals surface area (Å²) in [4.78, 5) is 33.3. The van der Waals surface area contributed by atoms with Crippen LogP contribution in [-0.4, -0.2) is 37.1 Å². The lowest BCUT2D eigenvalue weighted by Crippen LogP contribution is -2.33. The zero-order valence-corrected chi connectivity index (χ0v) is 17.2. The van der Waals surface area contributed by atoms with Crippen LogP contribution in [0.15, 0.2) is 59.5 Å². The van der Waals surface area contributed by atoms with Gasteiger partial charge in [-0.25, -0.2) is 14.1 Å². The Labute approximate surface area is 184 Å². The van der Waals surface area contributed by atoms with E-state index in [-0.39, 0.29) is 18.9 Å². The molecule has 0 aliphatic carbocycles. The zero-order chi connectivity index (χ0) is 23.8. The van der Waals surface area contributed by atoms with E-state index in [9.17, 15) is 27.2 Å². The van der Waals surface area contributed by atoms with E-state index in [1.54, 1.807) is 31.2 Å². The quantitative estimate of drug-likeness (QED) is 0.459. The van der Waals surface area contributed by atoms with Gasteiger partial charge >= 0.3 is 6.18 Å². The van der Waals surface area contributed by atoms with E-state index in [0.717, 1.165) is 23.2 Å². The van der Waals surface area contributed by atoms with Crippen molar-refractivity contribution >= 4 is 16.8 Å². The first-order valence-electron chi connectivity index (χ1n) is 9.88. The third-order valence-corrected chi connectivity index (χ3v) is 5.02. The summed E-state index contributed by atoms with van der Waals surface area (Å²) in [5.74, 6) is -1.79. The molecule has 0 saturated carbocycles. The number of fused-ring (bicyclic) bond motifs is 1. The van der Waals surface area contributed by atoms with Crippen LogP contribution in [0.4, 0.5) is 17.6 Å². The average Bonchev–Trinajstić information content (AvgIpc) is 3.23. The monoisotopic (exact) mass is 459 g/mol. The molecule has 2 aromatic carbocycles. The molecule has 0 atom stereocenters. The molecule has 0 radical (unpaired) electrons. The summed E-state index contributed by atoms with van der Waals surface area (Å²) < 4.78 is 56.3. The maximum absolute atomic E-state index is 14.2. The van der Waals surface area contributed by atoms with Crippen molar-refractivity contribution < 1.29 is 22.4 Å². The third-order valence-electron chi connectivity index (χ3n) is 5.02. The van der Waals surface area contributed by atoms with E-state index in [1.165, 1.54) is 12.1 Å². The predicted molar refractivity (Wildman–Crippen MR) is 111 cm³/mol. The Kier molecular flexibility index (Phi) is 5.71. The molecule has 4 rings (SSSR count). The van der Waals surface area contributed by atoms with Gasteiger partial charge in [0.25, 0.3) is 11.5 Å². The second kappa shape index (κ2) is 8.49. The van der Waals surface area contributed by atoms with Crippen molar-refractivity contribution in [3.05, 3.63) is 88.0 Å². The van der Waals surface area contributed by atoms with Gasteiger partial charge in [-0.15, -0.1) is 0 Å². The highest BCUT2D eigenvalue weighted by molar-refractivity contribution is 5.95. The summed E-state index contributed by atoms with van der Waals surface area (Å²) in [5.41, 5.74) is -2.61. The fourth-order valence-electron chi connectivity index (χ4n) is 3.47. The highest BCUT2D eigenvalue weighted by Gasteiger charge is 2.41. The Morgan fingerprint density at radius 3 is 2.52 bits per heavy atom. The fraction of sp³-hybridized carbons (Fsp3) is 0.182. The van der Waals surface area contributed by atoms with Crippen LogP contribution in [-0.2, 0) is 12.7 Å². The molecule has 0 bridgehead atoms. The number of rotatable bonds is 5. The van der Waals surface area contributed by atoms with Crippen LogP contribution in [0, 0.1) is 5.82 Å². The normalized spacial score (nSPS) is 11.7. The smallest absolute Gasteiger partial charge is 0.331 e. The van der Waals surface area contributed by atoms with Gasteiger partial charge in [0.15, 0.2) is 5.69 Å². The molecular formula is C22H17F4N5O2. The van der Waals surface area contributed by atoms with Gasteiger partial charge in [-0.1, -0.05) is 24.3 Å². The Morgan fingerprint density at radius 1 is 1.12 bits per heavy atom. The van der Waals surface area contributed by atoms with Crippen molar-refractivity contribution in [2.75, 3.05) is 6.54 Å². The van der Waals surface area contributed by atoms with E-state index in [4.69, 9.17) is 0 Å². The number of hydrogen-bond acceptors (Lipinski definition) is 4. The van der Waals surface area contributed by atoms with Crippen molar-refractivity contribution in [2.45, 2.75) is 19.6 Å². The van der Waals surface area contributed by atoms with E-state index in [1.807, 2.05) is 0 Å². The number of carbonyl (C=O) groups is 1. The van der Waals surface area contributed by atoms with Crippen LogP contribution < -0.4 is 5.56 Å². The highest BCUT2D eigenvalue weighted by atomic mass is 19.4. The Hall–Kier alpha value is -4.02.